The second-order valence-electron chi connectivity index (χ2n) is 3.97. The van der Waals surface area contributed by atoms with E-state index in [9.17, 15) is 4.79 Å². The lowest BCUT2D eigenvalue weighted by atomic mass is 10.2. The van der Waals surface area contributed by atoms with Gasteiger partial charge in [0.2, 0.25) is 5.76 Å². The lowest BCUT2D eigenvalue weighted by Crippen LogP contribution is -2.10. The third kappa shape index (κ3) is 3.87. The molecule has 0 N–H and O–H groups in total. The van der Waals surface area contributed by atoms with Crippen LogP contribution in [0.3, 0.4) is 0 Å². The van der Waals surface area contributed by atoms with Gasteiger partial charge in [-0.15, -0.1) is 0 Å². The minimum Gasteiger partial charge on any atom is -0.463 e. The van der Waals surface area contributed by atoms with Gasteiger partial charge in [0.05, 0.1) is 7.11 Å². The summed E-state index contributed by atoms with van der Waals surface area (Å²) in [5.74, 6) is 0.0896. The van der Waals surface area contributed by atoms with Gasteiger partial charge in [-0.25, -0.2) is 4.79 Å². The largest absolute Gasteiger partial charge is 0.463 e. The van der Waals surface area contributed by atoms with Crippen LogP contribution >= 0.6 is 11.6 Å². The van der Waals surface area contributed by atoms with E-state index < -0.39 is 5.97 Å². The molecule has 0 saturated carbocycles. The molecule has 0 fully saturated rings. The molecule has 0 bridgehead atoms. The van der Waals surface area contributed by atoms with Crippen molar-refractivity contribution in [2.24, 2.45) is 0 Å². The zero-order chi connectivity index (χ0) is 14.4. The second-order valence-corrected chi connectivity index (χ2v) is 4.40. The highest BCUT2D eigenvalue weighted by Crippen LogP contribution is 2.19. The van der Waals surface area contributed by atoms with Crippen LogP contribution in [0, 0.1) is 0 Å². The van der Waals surface area contributed by atoms with Gasteiger partial charge in [0.25, 0.3) is 0 Å². The van der Waals surface area contributed by atoms with Gasteiger partial charge in [-0.1, -0.05) is 41.9 Å². The first-order valence-corrected chi connectivity index (χ1v) is 6.35. The molecule has 20 heavy (non-hydrogen) atoms. The van der Waals surface area contributed by atoms with Gasteiger partial charge < -0.3 is 9.47 Å². The maximum atomic E-state index is 11.7. The Bertz CT molecular complexity index is 603. The summed E-state index contributed by atoms with van der Waals surface area (Å²) in [5.41, 5.74) is 0.849. The molecular formula is C16H13ClO3. The molecular weight excluding hydrogens is 276 g/mol. The molecule has 0 heterocycles. The predicted octanol–water partition coefficient (Wildman–Crippen LogP) is 3.93. The molecule has 2 aromatic rings. The van der Waals surface area contributed by atoms with Crippen molar-refractivity contribution in [1.82, 2.24) is 0 Å². The van der Waals surface area contributed by atoms with Gasteiger partial charge >= 0.3 is 5.97 Å². The zero-order valence-electron chi connectivity index (χ0n) is 10.9. The van der Waals surface area contributed by atoms with E-state index in [0.717, 1.165) is 5.56 Å². The van der Waals surface area contributed by atoms with E-state index in [0.29, 0.717) is 10.8 Å². The highest BCUT2D eigenvalue weighted by atomic mass is 35.5. The third-order valence-electron chi connectivity index (χ3n) is 2.53. The van der Waals surface area contributed by atoms with E-state index >= 15 is 0 Å². The Kier molecular flexibility index (Phi) is 4.80. The molecule has 3 nitrogen and oxygen atoms in total. The van der Waals surface area contributed by atoms with Gasteiger partial charge in [0.15, 0.2) is 0 Å². The minimum atomic E-state index is -0.538. The number of hydrogen-bond acceptors (Lipinski definition) is 3. The van der Waals surface area contributed by atoms with Crippen LogP contribution in [0.25, 0.3) is 6.08 Å². The van der Waals surface area contributed by atoms with Crippen molar-refractivity contribution in [2.45, 2.75) is 0 Å². The number of methoxy groups -OCH3 is 1. The SMILES string of the molecule is COC(=O)/C(=C/c1ccccc1)Oc1ccc(Cl)cc1. The Balaban J connectivity index is 2.26. The van der Waals surface area contributed by atoms with Crippen molar-refractivity contribution in [3.63, 3.8) is 0 Å². The quantitative estimate of drug-likeness (QED) is 0.486. The van der Waals surface area contributed by atoms with Crippen LogP contribution < -0.4 is 4.74 Å². The predicted molar refractivity (Wildman–Crippen MR) is 78.5 cm³/mol. The smallest absolute Gasteiger partial charge is 0.373 e. The van der Waals surface area contributed by atoms with E-state index in [-0.39, 0.29) is 5.76 Å². The maximum absolute atomic E-state index is 11.7. The summed E-state index contributed by atoms with van der Waals surface area (Å²) in [7, 11) is 1.31. The molecule has 2 aromatic carbocycles. The molecule has 0 unspecified atom stereocenters. The first-order valence-electron chi connectivity index (χ1n) is 5.97. The van der Waals surface area contributed by atoms with E-state index in [1.54, 1.807) is 30.3 Å². The van der Waals surface area contributed by atoms with Crippen LogP contribution in [0.2, 0.25) is 5.02 Å². The number of halogens is 1. The highest BCUT2D eigenvalue weighted by molar-refractivity contribution is 6.30. The molecule has 0 aliphatic heterocycles. The molecule has 0 amide bonds. The topological polar surface area (TPSA) is 35.5 Å². The van der Waals surface area contributed by atoms with Gasteiger partial charge in [0, 0.05) is 5.02 Å². The van der Waals surface area contributed by atoms with Crippen LogP contribution in [-0.2, 0) is 9.53 Å². The number of benzene rings is 2. The van der Waals surface area contributed by atoms with Crippen molar-refractivity contribution < 1.29 is 14.3 Å². The van der Waals surface area contributed by atoms with Crippen molar-refractivity contribution in [1.29, 1.82) is 0 Å². The van der Waals surface area contributed by atoms with Crippen LogP contribution in [0.5, 0.6) is 5.75 Å². The summed E-state index contributed by atoms with van der Waals surface area (Å²) < 4.78 is 10.3. The van der Waals surface area contributed by atoms with Crippen LogP contribution in [-0.4, -0.2) is 13.1 Å². The standard InChI is InChI=1S/C16H13ClO3/c1-19-16(18)15(11-12-5-3-2-4-6-12)20-14-9-7-13(17)8-10-14/h2-11H,1H3/b15-11-. The number of ether oxygens (including phenoxy) is 2. The number of carbonyl (C=O) groups is 1. The molecule has 0 atom stereocenters. The fourth-order valence-electron chi connectivity index (χ4n) is 1.56. The molecule has 0 saturated heterocycles. The molecule has 0 radical (unpaired) electrons. The van der Waals surface area contributed by atoms with Crippen molar-refractivity contribution in [3.05, 3.63) is 70.9 Å². The van der Waals surface area contributed by atoms with E-state index in [1.165, 1.54) is 7.11 Å². The first-order chi connectivity index (χ1) is 9.69. The molecule has 0 aromatic heterocycles. The van der Waals surface area contributed by atoms with E-state index in [4.69, 9.17) is 21.1 Å². The van der Waals surface area contributed by atoms with Gasteiger partial charge in [-0.05, 0) is 35.9 Å². The molecule has 0 aliphatic carbocycles. The number of hydrogen-bond donors (Lipinski definition) is 0. The van der Waals surface area contributed by atoms with Gasteiger partial charge in [-0.2, -0.15) is 0 Å². The molecule has 4 heteroatoms. The van der Waals surface area contributed by atoms with Gasteiger partial charge in [0.1, 0.15) is 5.75 Å². The summed E-state index contributed by atoms with van der Waals surface area (Å²) in [4.78, 5) is 11.7. The molecule has 102 valence electrons. The summed E-state index contributed by atoms with van der Waals surface area (Å²) in [6.45, 7) is 0. The average Bonchev–Trinajstić information content (AvgIpc) is 2.49. The number of carbonyl (C=O) groups excluding carboxylic acids is 1. The fraction of sp³-hybridized carbons (Fsp3) is 0.0625. The Morgan fingerprint density at radius 1 is 1.05 bits per heavy atom. The Morgan fingerprint density at radius 3 is 2.30 bits per heavy atom. The van der Waals surface area contributed by atoms with Gasteiger partial charge in [-0.3, -0.25) is 0 Å². The average molecular weight is 289 g/mol. The van der Waals surface area contributed by atoms with Crippen molar-refractivity contribution >= 4 is 23.6 Å². The Morgan fingerprint density at radius 2 is 1.70 bits per heavy atom. The number of esters is 1. The fourth-order valence-corrected chi connectivity index (χ4v) is 1.69. The monoisotopic (exact) mass is 288 g/mol. The number of rotatable bonds is 4. The lowest BCUT2D eigenvalue weighted by molar-refractivity contribution is -0.138. The summed E-state index contributed by atoms with van der Waals surface area (Å²) >= 11 is 5.81. The zero-order valence-corrected chi connectivity index (χ0v) is 11.6. The molecule has 0 spiro atoms. The highest BCUT2D eigenvalue weighted by Gasteiger charge is 2.12. The first kappa shape index (κ1) is 14.2. The van der Waals surface area contributed by atoms with E-state index in [2.05, 4.69) is 0 Å². The third-order valence-corrected chi connectivity index (χ3v) is 2.78. The van der Waals surface area contributed by atoms with Crippen LogP contribution in [0.1, 0.15) is 5.56 Å². The molecule has 0 aliphatic rings. The van der Waals surface area contributed by atoms with Crippen LogP contribution in [0.4, 0.5) is 0 Å². The lowest BCUT2D eigenvalue weighted by Gasteiger charge is -2.08. The second kappa shape index (κ2) is 6.78. The van der Waals surface area contributed by atoms with Crippen molar-refractivity contribution in [2.75, 3.05) is 7.11 Å². The summed E-state index contributed by atoms with van der Waals surface area (Å²) in [5, 5.41) is 0.601. The normalized spacial score (nSPS) is 11.0. The van der Waals surface area contributed by atoms with E-state index in [1.807, 2.05) is 30.3 Å². The minimum absolute atomic E-state index is 0.112. The Labute approximate surface area is 122 Å². The van der Waals surface area contributed by atoms with Crippen LogP contribution in [0.15, 0.2) is 60.4 Å². The Hall–Kier alpha value is -2.26. The summed E-state index contributed by atoms with van der Waals surface area (Å²) in [6, 6.07) is 16.1. The summed E-state index contributed by atoms with van der Waals surface area (Å²) in [6.07, 6.45) is 1.63. The van der Waals surface area contributed by atoms with Crippen molar-refractivity contribution in [3.8, 4) is 5.75 Å². The molecule has 2 rings (SSSR count). The maximum Gasteiger partial charge on any atom is 0.373 e.